The van der Waals surface area contributed by atoms with E-state index in [4.69, 9.17) is 42.6 Å². The maximum atomic E-state index is 14.7. The molecule has 0 aliphatic carbocycles. The number of piperazine rings is 3. The Bertz CT molecular complexity index is 6350. The largest absolute Gasteiger partial charge is 0.493 e. The normalized spacial score (nSPS) is 13.7. The highest BCUT2D eigenvalue weighted by molar-refractivity contribution is 6.01. The maximum Gasteiger partial charge on any atom is 0.334 e. The number of ether oxygens (including phenoxy) is 9. The first-order valence-electron chi connectivity index (χ1n) is 48.2. The molecule has 16 rings (SSSR count). The number of imidazole rings is 3. The summed E-state index contributed by atoms with van der Waals surface area (Å²) in [6.07, 6.45) is 5.35. The smallest absolute Gasteiger partial charge is 0.334 e. The molecule has 0 bridgehead atoms. The first-order valence-corrected chi connectivity index (χ1v) is 48.2. The first-order chi connectivity index (χ1) is 68.9. The number of methoxy groups -OCH3 is 3. The lowest BCUT2D eigenvalue weighted by Gasteiger charge is -2.28. The van der Waals surface area contributed by atoms with Crippen LogP contribution in [0.1, 0.15) is 101 Å². The van der Waals surface area contributed by atoms with Crippen molar-refractivity contribution in [1.82, 2.24) is 73.6 Å². The summed E-state index contributed by atoms with van der Waals surface area (Å²) in [6.45, 7) is 15.7. The van der Waals surface area contributed by atoms with Crippen LogP contribution in [0.3, 0.4) is 0 Å². The molecule has 4 aliphatic rings. The zero-order valence-electron chi connectivity index (χ0n) is 81.0. The van der Waals surface area contributed by atoms with Crippen LogP contribution in [0.25, 0.3) is 50.8 Å². The number of benzene rings is 9. The number of aromatic nitrogens is 6. The number of hydrogen-bond acceptors (Lipinski definition) is 21. The summed E-state index contributed by atoms with van der Waals surface area (Å²) in [5.74, 6) is 2.20. The van der Waals surface area contributed by atoms with Gasteiger partial charge in [0, 0.05) is 200 Å². The molecule has 6 amide bonds. The second kappa shape index (κ2) is 51.9. The van der Waals surface area contributed by atoms with Gasteiger partial charge in [-0.05, 0) is 123 Å². The Morgan fingerprint density at radius 3 is 0.929 bits per heavy atom. The standard InChI is InChI=1S/C38H45N5O6.C36H43N5O6.C34H39N5O6/c1-47-23-10-24-48-33-16-9-14-31(26-33)43-35(30-12-4-2-5-13-30)36(37(45)41-21-17-39-18-22-41)42(38(43)46)27-29-11-8-15-32(25-29)49-28-34(44)40-19-6-3-7-20-40;1-26(2)38-32(42)25-47-30-14-7-10-27(22-30)24-40-34(35(43)39-18-16-37-17-19-39)33(28-11-5-4-6-12-28)41(36(40)44)29-13-8-15-31(23-29)46-21-9-20-45-3;1-35-30(40)24-45-28-13-6-9-25(21-28)23-38-32(33(41)37-17-15-36-16-18-37)31(26-10-4-3-5-11-26)39(34(38)42)27-12-7-14-29(22-27)44-20-8-19-43-2/h2,4-5,8-9,11-16,25-26,39H,3,6-7,10,17-24,27-28H2,1H3;4-8,10-15,22-23,26,37H,9,16-21,24-25H2,1-3H3,(H,38,42);3-7,9-14,21-22,36H,8,15-20,23-24H2,1-2H3,(H,35,40). The Kier molecular flexibility index (Phi) is 37.6. The van der Waals surface area contributed by atoms with Crippen LogP contribution in [-0.2, 0) is 48.2 Å². The van der Waals surface area contributed by atoms with E-state index < -0.39 is 0 Å². The molecule has 0 radical (unpaired) electrons. The van der Waals surface area contributed by atoms with Crippen LogP contribution < -0.4 is 72.1 Å². The highest BCUT2D eigenvalue weighted by Gasteiger charge is 2.36. The number of carbonyl (C=O) groups excluding carboxylic acids is 6. The lowest BCUT2D eigenvalue weighted by molar-refractivity contribution is -0.134. The number of nitrogens with zero attached hydrogens (tertiary/aromatic N) is 10. The predicted octanol–water partition coefficient (Wildman–Crippen LogP) is 10.9. The molecule has 33 heteroatoms. The zero-order valence-corrected chi connectivity index (χ0v) is 81.0. The van der Waals surface area contributed by atoms with E-state index in [1.54, 1.807) is 102 Å². The van der Waals surface area contributed by atoms with Gasteiger partial charge in [-0.25, -0.2) is 14.4 Å². The number of nitrogens with one attached hydrogen (secondary N) is 5. The average Bonchev–Trinajstić information content (AvgIpc) is 1.60. The summed E-state index contributed by atoms with van der Waals surface area (Å²) in [5.41, 5.74) is 7.62. The molecule has 141 heavy (non-hydrogen) atoms. The minimum atomic E-state index is -0.361. The van der Waals surface area contributed by atoms with Gasteiger partial charge in [0.15, 0.2) is 19.8 Å². The van der Waals surface area contributed by atoms with E-state index in [1.807, 2.05) is 219 Å². The second-order valence-corrected chi connectivity index (χ2v) is 34.7. The fourth-order valence-corrected chi connectivity index (χ4v) is 17.3. The summed E-state index contributed by atoms with van der Waals surface area (Å²) < 4.78 is 60.2. The van der Waals surface area contributed by atoms with Gasteiger partial charge in [0.25, 0.3) is 35.4 Å². The van der Waals surface area contributed by atoms with Gasteiger partial charge in [0.2, 0.25) is 0 Å². The number of carbonyl (C=O) groups is 6. The van der Waals surface area contributed by atoms with Gasteiger partial charge >= 0.3 is 17.1 Å². The van der Waals surface area contributed by atoms with E-state index in [0.29, 0.717) is 204 Å². The molecule has 7 heterocycles. The van der Waals surface area contributed by atoms with Gasteiger partial charge in [-0.15, -0.1) is 0 Å². The van der Waals surface area contributed by atoms with Crippen molar-refractivity contribution in [3.63, 3.8) is 0 Å². The molecule has 742 valence electrons. The Morgan fingerprint density at radius 2 is 0.624 bits per heavy atom. The highest BCUT2D eigenvalue weighted by atomic mass is 16.5. The summed E-state index contributed by atoms with van der Waals surface area (Å²) in [4.78, 5) is 131. The molecular weight excluding hydrogens is 1800 g/mol. The summed E-state index contributed by atoms with van der Waals surface area (Å²) >= 11 is 0. The van der Waals surface area contributed by atoms with Crippen molar-refractivity contribution < 1.29 is 71.4 Å². The quantitative estimate of drug-likeness (QED) is 0.0223. The SMILES string of the molecule is CNC(=O)COc1cccc(Cn2c(C(=O)N3CCNCC3)c(-c3ccccc3)n(-c3cccc(OCCCOC)c3)c2=O)c1.COCCCOc1cccc(-n2c(-c3ccccc3)c(C(=O)N3CCNCC3)n(Cc3cccc(OCC(=O)N4CCCCC4)c3)c2=O)c1.COCCCOc1cccc(-n2c(-c3ccccc3)c(C(=O)N3CCNCC3)n(Cc3cccc(OCC(=O)NC(C)C)c3)c2=O)c1. The van der Waals surface area contributed by atoms with Crippen LogP contribution in [0.5, 0.6) is 34.5 Å². The Morgan fingerprint density at radius 1 is 0.326 bits per heavy atom. The van der Waals surface area contributed by atoms with Crippen molar-refractivity contribution in [2.45, 2.75) is 78.0 Å². The highest BCUT2D eigenvalue weighted by Crippen LogP contribution is 2.35. The minimum absolute atomic E-state index is 0.00159. The van der Waals surface area contributed by atoms with Crippen molar-refractivity contribution in [3.8, 4) is 85.3 Å². The summed E-state index contributed by atoms with van der Waals surface area (Å²) in [7, 11) is 6.50. The monoisotopic (exact) mass is 1920 g/mol. The number of piperidine rings is 1. The molecule has 0 spiro atoms. The van der Waals surface area contributed by atoms with E-state index in [2.05, 4.69) is 26.6 Å². The number of rotatable bonds is 40. The molecule has 33 nitrogen and oxygen atoms in total. The van der Waals surface area contributed by atoms with Crippen LogP contribution in [0, 0.1) is 0 Å². The third-order valence-corrected chi connectivity index (χ3v) is 24.2. The molecule has 0 atom stereocenters. The number of hydrogen-bond donors (Lipinski definition) is 5. The summed E-state index contributed by atoms with van der Waals surface area (Å²) in [5, 5.41) is 15.3. The molecule has 4 saturated heterocycles. The Balaban J connectivity index is 0.000000168. The fraction of sp³-hybridized carbons (Fsp3) is 0.361. The first kappa shape index (κ1) is 102. The van der Waals surface area contributed by atoms with E-state index >= 15 is 0 Å². The van der Waals surface area contributed by atoms with Gasteiger partial charge in [-0.1, -0.05) is 146 Å². The van der Waals surface area contributed by atoms with Gasteiger partial charge < -0.3 is 88.8 Å². The molecule has 4 aliphatic heterocycles. The number of amides is 6. The molecule has 0 saturated carbocycles. The van der Waals surface area contributed by atoms with Gasteiger partial charge in [0.05, 0.1) is 73.6 Å². The van der Waals surface area contributed by atoms with Crippen molar-refractivity contribution >= 4 is 35.4 Å². The zero-order chi connectivity index (χ0) is 98.8. The van der Waals surface area contributed by atoms with Gasteiger partial charge in [-0.3, -0.25) is 56.2 Å². The molecular formula is C108H127N15O18. The fourth-order valence-electron chi connectivity index (χ4n) is 17.3. The van der Waals surface area contributed by atoms with Crippen molar-refractivity contribution in [2.24, 2.45) is 0 Å². The average molecular weight is 1920 g/mol. The van der Waals surface area contributed by atoms with Crippen LogP contribution >= 0.6 is 0 Å². The van der Waals surface area contributed by atoms with E-state index in [9.17, 15) is 43.2 Å². The molecule has 5 N–H and O–H groups in total. The number of likely N-dealkylation sites (tertiary alicyclic amines) is 1. The number of likely N-dealkylation sites (N-methyl/N-ethyl adjacent to an activating group) is 1. The molecule has 4 fully saturated rings. The third-order valence-electron chi connectivity index (χ3n) is 24.2. The predicted molar refractivity (Wildman–Crippen MR) is 540 cm³/mol. The summed E-state index contributed by atoms with van der Waals surface area (Å²) in [6, 6.07) is 72.5. The van der Waals surface area contributed by atoms with Crippen LogP contribution in [-0.4, -0.2) is 268 Å². The van der Waals surface area contributed by atoms with E-state index in [1.165, 1.54) is 4.57 Å². The second-order valence-electron chi connectivity index (χ2n) is 34.7. The van der Waals surface area contributed by atoms with Crippen LogP contribution in [0.2, 0.25) is 0 Å². The lowest BCUT2D eigenvalue weighted by atomic mass is 10.1. The van der Waals surface area contributed by atoms with Crippen LogP contribution in [0.15, 0.2) is 251 Å². The molecule has 3 aromatic heterocycles. The Hall–Kier alpha value is -14.6. The van der Waals surface area contributed by atoms with Crippen molar-refractivity contribution in [3.05, 3.63) is 302 Å². The molecule has 0 unspecified atom stereocenters. The maximum absolute atomic E-state index is 14.7. The van der Waals surface area contributed by atoms with Gasteiger partial charge in [0.1, 0.15) is 51.6 Å². The topological polar surface area (TPSA) is 339 Å². The van der Waals surface area contributed by atoms with Crippen molar-refractivity contribution in [1.29, 1.82) is 0 Å². The van der Waals surface area contributed by atoms with Gasteiger partial charge in [-0.2, -0.15) is 0 Å². The Labute approximate surface area is 820 Å². The lowest BCUT2D eigenvalue weighted by Crippen LogP contribution is -2.47. The molecule has 9 aromatic carbocycles. The third kappa shape index (κ3) is 27.3. The van der Waals surface area contributed by atoms with Crippen LogP contribution in [0.4, 0.5) is 0 Å². The minimum Gasteiger partial charge on any atom is -0.493 e. The van der Waals surface area contributed by atoms with E-state index in [-0.39, 0.29) is 98.0 Å². The van der Waals surface area contributed by atoms with Crippen molar-refractivity contribution in [2.75, 3.05) is 179 Å². The van der Waals surface area contributed by atoms with E-state index in [0.717, 1.165) is 85.0 Å². The molecule has 12 aromatic rings.